The molecule has 1 N–H and O–H groups in total. The maximum absolute atomic E-state index is 11.9. The minimum atomic E-state index is -0.0249. The number of hydrogen-bond acceptors (Lipinski definition) is 3. The summed E-state index contributed by atoms with van der Waals surface area (Å²) in [5, 5.41) is 2.91. The van der Waals surface area contributed by atoms with E-state index in [9.17, 15) is 9.59 Å². The maximum atomic E-state index is 11.9. The molecule has 2 aromatic carbocycles. The van der Waals surface area contributed by atoms with Crippen molar-refractivity contribution in [2.45, 2.75) is 19.2 Å². The van der Waals surface area contributed by atoms with E-state index in [2.05, 4.69) is 36.5 Å². The van der Waals surface area contributed by atoms with E-state index in [-0.39, 0.29) is 11.8 Å². The van der Waals surface area contributed by atoms with Crippen molar-refractivity contribution in [1.82, 2.24) is 10.2 Å². The first-order valence-corrected chi connectivity index (χ1v) is 9.32. The number of nitrogens with one attached hydrogen (secondary N) is 1. The summed E-state index contributed by atoms with van der Waals surface area (Å²) in [5.41, 5.74) is 4.09. The Hall–Kier alpha value is -2.27. The molecule has 0 aliphatic carbocycles. The van der Waals surface area contributed by atoms with Gasteiger partial charge in [0.1, 0.15) is 0 Å². The molecule has 5 heteroatoms. The Bertz CT molecular complexity index is 709. The fraction of sp³-hybridized carbons (Fsp3) is 0.300. The smallest absolute Gasteiger partial charge is 0.253 e. The first-order valence-electron chi connectivity index (χ1n) is 8.16. The lowest BCUT2D eigenvalue weighted by molar-refractivity contribution is -0.118. The van der Waals surface area contributed by atoms with Gasteiger partial charge in [-0.1, -0.05) is 42.0 Å². The van der Waals surface area contributed by atoms with E-state index in [1.54, 1.807) is 42.9 Å². The zero-order valence-electron chi connectivity index (χ0n) is 14.9. The van der Waals surface area contributed by atoms with Crippen LogP contribution in [0.1, 0.15) is 27.0 Å². The number of aryl methyl sites for hydroxylation is 1. The molecule has 0 heterocycles. The van der Waals surface area contributed by atoms with E-state index >= 15 is 0 Å². The zero-order valence-corrected chi connectivity index (χ0v) is 15.7. The highest BCUT2D eigenvalue weighted by atomic mass is 32.2. The van der Waals surface area contributed by atoms with Crippen LogP contribution in [0.3, 0.4) is 0 Å². The molecule has 0 fully saturated rings. The fourth-order valence-electron chi connectivity index (χ4n) is 2.22. The molecule has 0 saturated carbocycles. The normalized spacial score (nSPS) is 10.4. The van der Waals surface area contributed by atoms with Gasteiger partial charge in [0.15, 0.2) is 0 Å². The third-order valence-electron chi connectivity index (χ3n) is 3.72. The highest BCUT2D eigenvalue weighted by molar-refractivity contribution is 7.99. The topological polar surface area (TPSA) is 49.4 Å². The van der Waals surface area contributed by atoms with E-state index < -0.39 is 0 Å². The molecule has 0 radical (unpaired) electrons. The average molecular weight is 356 g/mol. The van der Waals surface area contributed by atoms with Crippen molar-refractivity contribution in [3.8, 4) is 0 Å². The minimum Gasteiger partial charge on any atom is -0.351 e. The van der Waals surface area contributed by atoms with Crippen molar-refractivity contribution in [3.63, 3.8) is 0 Å². The van der Waals surface area contributed by atoms with Crippen molar-refractivity contribution in [1.29, 1.82) is 0 Å². The van der Waals surface area contributed by atoms with Crippen LogP contribution in [0.2, 0.25) is 0 Å². The van der Waals surface area contributed by atoms with Gasteiger partial charge in [0.2, 0.25) is 5.91 Å². The van der Waals surface area contributed by atoms with Crippen molar-refractivity contribution >= 4 is 23.6 Å². The van der Waals surface area contributed by atoms with Crippen molar-refractivity contribution < 1.29 is 9.59 Å². The zero-order chi connectivity index (χ0) is 18.2. The molecule has 4 nitrogen and oxygen atoms in total. The number of rotatable bonds is 7. The first kappa shape index (κ1) is 19.1. The molecule has 0 bridgehead atoms. The monoisotopic (exact) mass is 356 g/mol. The molecule has 0 unspecified atom stereocenters. The molecule has 2 amide bonds. The third-order valence-corrected chi connectivity index (χ3v) is 4.72. The van der Waals surface area contributed by atoms with E-state index in [1.165, 1.54) is 11.1 Å². The van der Waals surface area contributed by atoms with Gasteiger partial charge < -0.3 is 10.2 Å². The summed E-state index contributed by atoms with van der Waals surface area (Å²) in [6.45, 7) is 2.54. The number of benzene rings is 2. The van der Waals surface area contributed by atoms with Gasteiger partial charge in [-0.2, -0.15) is 0 Å². The lowest BCUT2D eigenvalue weighted by Crippen LogP contribution is -2.25. The average Bonchev–Trinajstić information content (AvgIpc) is 2.61. The largest absolute Gasteiger partial charge is 0.351 e. The van der Waals surface area contributed by atoms with Gasteiger partial charge >= 0.3 is 0 Å². The number of thioether (sulfide) groups is 1. The predicted octanol–water partition coefficient (Wildman–Crippen LogP) is 3.25. The molecule has 25 heavy (non-hydrogen) atoms. The number of amides is 2. The molecule has 0 atom stereocenters. The highest BCUT2D eigenvalue weighted by Crippen LogP contribution is 2.13. The SMILES string of the molecule is Cc1ccc(CSCC(=O)NCc2ccc(C(=O)N(C)C)cc2)cc1. The Balaban J connectivity index is 1.72. The molecule has 0 aliphatic rings. The summed E-state index contributed by atoms with van der Waals surface area (Å²) < 4.78 is 0. The summed E-state index contributed by atoms with van der Waals surface area (Å²) in [7, 11) is 3.45. The van der Waals surface area contributed by atoms with Crippen LogP contribution in [0.4, 0.5) is 0 Å². The quantitative estimate of drug-likeness (QED) is 0.828. The van der Waals surface area contributed by atoms with Crippen LogP contribution in [-0.2, 0) is 17.1 Å². The highest BCUT2D eigenvalue weighted by Gasteiger charge is 2.07. The van der Waals surface area contributed by atoms with Gasteiger partial charge in [-0.15, -0.1) is 11.8 Å². The first-order chi connectivity index (χ1) is 12.0. The van der Waals surface area contributed by atoms with Crippen LogP contribution in [0.25, 0.3) is 0 Å². The summed E-state index contributed by atoms with van der Waals surface area (Å²) >= 11 is 1.60. The van der Waals surface area contributed by atoms with Gasteiger partial charge in [-0.3, -0.25) is 9.59 Å². The molecule has 2 rings (SSSR count). The molecular formula is C20H24N2O2S. The molecule has 0 spiro atoms. The number of nitrogens with zero attached hydrogens (tertiary/aromatic N) is 1. The lowest BCUT2D eigenvalue weighted by atomic mass is 10.1. The second-order valence-electron chi connectivity index (χ2n) is 6.15. The van der Waals surface area contributed by atoms with Crippen molar-refractivity contribution in [3.05, 3.63) is 70.8 Å². The van der Waals surface area contributed by atoms with Crippen LogP contribution in [-0.4, -0.2) is 36.6 Å². The van der Waals surface area contributed by atoms with Crippen LogP contribution in [0, 0.1) is 6.92 Å². The van der Waals surface area contributed by atoms with Crippen LogP contribution >= 0.6 is 11.8 Å². The van der Waals surface area contributed by atoms with E-state index in [4.69, 9.17) is 0 Å². The standard InChI is InChI=1S/C20H24N2O2S/c1-15-4-6-17(7-5-15)13-25-14-19(23)21-12-16-8-10-18(11-9-16)20(24)22(2)3/h4-11H,12-14H2,1-3H3,(H,21,23). The van der Waals surface area contributed by atoms with Gasteiger partial charge in [0.25, 0.3) is 5.91 Å². The Labute approximate surface area is 153 Å². The Morgan fingerprint density at radius 3 is 2.16 bits per heavy atom. The second-order valence-corrected chi connectivity index (χ2v) is 7.14. The third kappa shape index (κ3) is 6.27. The maximum Gasteiger partial charge on any atom is 0.253 e. The van der Waals surface area contributed by atoms with Gasteiger partial charge in [-0.05, 0) is 30.2 Å². The summed E-state index contributed by atoms with van der Waals surface area (Å²) in [6.07, 6.45) is 0. The summed E-state index contributed by atoms with van der Waals surface area (Å²) in [4.78, 5) is 25.3. The summed E-state index contributed by atoms with van der Waals surface area (Å²) in [6, 6.07) is 15.7. The number of carbonyl (C=O) groups is 2. The van der Waals surface area contributed by atoms with E-state index in [0.717, 1.165) is 11.3 Å². The van der Waals surface area contributed by atoms with Gasteiger partial charge in [-0.25, -0.2) is 0 Å². The van der Waals surface area contributed by atoms with E-state index in [0.29, 0.717) is 17.9 Å². The Kier molecular flexibility index (Phi) is 7.07. The van der Waals surface area contributed by atoms with E-state index in [1.807, 2.05) is 12.1 Å². The Morgan fingerprint density at radius 1 is 0.960 bits per heavy atom. The van der Waals surface area contributed by atoms with Gasteiger partial charge in [0, 0.05) is 32.0 Å². The molecule has 0 saturated heterocycles. The lowest BCUT2D eigenvalue weighted by Gasteiger charge is -2.11. The van der Waals surface area contributed by atoms with Gasteiger partial charge in [0.05, 0.1) is 5.75 Å². The second kappa shape index (κ2) is 9.28. The van der Waals surface area contributed by atoms with Crippen molar-refractivity contribution in [2.24, 2.45) is 0 Å². The fourth-order valence-corrected chi connectivity index (χ4v) is 3.04. The molecular weight excluding hydrogens is 332 g/mol. The van der Waals surface area contributed by atoms with Crippen LogP contribution < -0.4 is 5.32 Å². The minimum absolute atomic E-state index is 0.0190. The molecule has 0 aromatic heterocycles. The number of carbonyl (C=O) groups excluding carboxylic acids is 2. The Morgan fingerprint density at radius 2 is 1.56 bits per heavy atom. The number of hydrogen-bond donors (Lipinski definition) is 1. The predicted molar refractivity (Wildman–Crippen MR) is 104 cm³/mol. The van der Waals surface area contributed by atoms with Crippen LogP contribution in [0.5, 0.6) is 0 Å². The van der Waals surface area contributed by atoms with Crippen molar-refractivity contribution in [2.75, 3.05) is 19.8 Å². The summed E-state index contributed by atoms with van der Waals surface area (Å²) in [5.74, 6) is 1.26. The van der Waals surface area contributed by atoms with Crippen LogP contribution in [0.15, 0.2) is 48.5 Å². The molecule has 2 aromatic rings. The molecule has 0 aliphatic heterocycles. The molecule has 132 valence electrons.